The second kappa shape index (κ2) is 22.6. The average molecular weight is 203 g/mol. The molecule has 0 aliphatic carbocycles. The van der Waals surface area contributed by atoms with Crippen LogP contribution in [0.4, 0.5) is 0 Å². The third-order valence-electron chi connectivity index (χ3n) is 0.167. The Bertz CT molecular complexity index is 99.2. The van der Waals surface area contributed by atoms with Gasteiger partial charge in [-0.05, 0) is 0 Å². The van der Waals surface area contributed by atoms with E-state index in [0.29, 0.717) is 13.1 Å². The van der Waals surface area contributed by atoms with Crippen molar-refractivity contribution in [3.8, 4) is 0 Å². The van der Waals surface area contributed by atoms with E-state index in [-0.39, 0.29) is 29.6 Å². The minimum atomic E-state index is -0.833. The van der Waals surface area contributed by atoms with E-state index in [1.165, 1.54) is 0 Å². The molecule has 0 aromatic rings. The quantitative estimate of drug-likeness (QED) is 0.392. The largest absolute Gasteiger partial charge is 0.481 e. The van der Waals surface area contributed by atoms with Crippen molar-refractivity contribution in [2.75, 3.05) is 13.1 Å². The van der Waals surface area contributed by atoms with Gasteiger partial charge in [-0.25, -0.2) is 0 Å². The van der Waals surface area contributed by atoms with Crippen LogP contribution in [0.15, 0.2) is 0 Å². The van der Waals surface area contributed by atoms with E-state index in [4.69, 9.17) is 31.3 Å². The van der Waals surface area contributed by atoms with Gasteiger partial charge in [0, 0.05) is 56.5 Å². The molecular weight excluding hydrogens is 187 g/mol. The van der Waals surface area contributed by atoms with Crippen molar-refractivity contribution >= 4 is 41.5 Å². The van der Waals surface area contributed by atoms with Crippen LogP contribution in [0.5, 0.6) is 0 Å². The smallest absolute Gasteiger partial charge is 0.300 e. The van der Waals surface area contributed by atoms with Crippen molar-refractivity contribution in [2.45, 2.75) is 13.8 Å². The van der Waals surface area contributed by atoms with Crippen LogP contribution >= 0.6 is 0 Å². The number of rotatable bonds is 1. The van der Waals surface area contributed by atoms with Gasteiger partial charge in [0.05, 0.1) is 0 Å². The van der Waals surface area contributed by atoms with Crippen molar-refractivity contribution < 1.29 is 19.8 Å². The molecule has 13 heavy (non-hydrogen) atoms. The third-order valence-corrected chi connectivity index (χ3v) is 0.167. The first-order valence-electron chi connectivity index (χ1n) is 3.17. The van der Waals surface area contributed by atoms with Gasteiger partial charge in [-0.3, -0.25) is 9.59 Å². The van der Waals surface area contributed by atoms with Crippen molar-refractivity contribution in [3.05, 3.63) is 0 Å². The van der Waals surface area contributed by atoms with E-state index in [1.807, 2.05) is 0 Å². The first-order chi connectivity index (χ1) is 5.38. The van der Waals surface area contributed by atoms with E-state index in [2.05, 4.69) is 0 Å². The minimum absolute atomic E-state index is 0. The molecule has 75 valence electrons. The van der Waals surface area contributed by atoms with E-state index in [1.54, 1.807) is 0 Å². The molecule has 0 saturated carbocycles. The molecular formula is C6H16N2NaO4. The van der Waals surface area contributed by atoms with Crippen molar-refractivity contribution in [1.82, 2.24) is 0 Å². The zero-order chi connectivity index (χ0) is 10.6. The topological polar surface area (TPSA) is 127 Å². The van der Waals surface area contributed by atoms with Gasteiger partial charge in [-0.1, -0.05) is 0 Å². The molecule has 0 unspecified atom stereocenters. The fourth-order valence-corrected chi connectivity index (χ4v) is 0. The van der Waals surface area contributed by atoms with Gasteiger partial charge in [0.1, 0.15) is 0 Å². The first-order valence-corrected chi connectivity index (χ1v) is 3.17. The number of nitrogens with two attached hydrogens (primary N) is 2. The van der Waals surface area contributed by atoms with Gasteiger partial charge in [-0.2, -0.15) is 0 Å². The zero-order valence-corrected chi connectivity index (χ0v) is 10.3. The second-order valence-electron chi connectivity index (χ2n) is 1.62. The molecule has 6 nitrogen and oxygen atoms in total. The minimum Gasteiger partial charge on any atom is -0.481 e. The SMILES string of the molecule is CC(=O)O.CC(=O)O.NCCN.[Na]. The van der Waals surface area contributed by atoms with E-state index in [0.717, 1.165) is 13.8 Å². The summed E-state index contributed by atoms with van der Waals surface area (Å²) < 4.78 is 0. The number of hydrogen-bond donors (Lipinski definition) is 4. The van der Waals surface area contributed by atoms with Crippen LogP contribution in [-0.4, -0.2) is 64.8 Å². The molecule has 0 aliphatic rings. The molecule has 6 N–H and O–H groups in total. The van der Waals surface area contributed by atoms with Gasteiger partial charge in [0.25, 0.3) is 11.9 Å². The molecule has 0 atom stereocenters. The Labute approximate surface area is 99.6 Å². The van der Waals surface area contributed by atoms with E-state index in [9.17, 15) is 0 Å². The summed E-state index contributed by atoms with van der Waals surface area (Å²) in [5.74, 6) is -1.67. The van der Waals surface area contributed by atoms with E-state index < -0.39 is 11.9 Å². The van der Waals surface area contributed by atoms with Gasteiger partial charge >= 0.3 is 0 Å². The number of carbonyl (C=O) groups is 2. The summed E-state index contributed by atoms with van der Waals surface area (Å²) in [7, 11) is 0. The summed E-state index contributed by atoms with van der Waals surface area (Å²) in [5.41, 5.74) is 9.81. The molecule has 0 aromatic heterocycles. The predicted octanol–water partition coefficient (Wildman–Crippen LogP) is -1.30. The Balaban J connectivity index is -0.0000000450. The molecule has 0 bridgehead atoms. The first kappa shape index (κ1) is 23.0. The Hall–Kier alpha value is -0.140. The molecule has 7 heteroatoms. The van der Waals surface area contributed by atoms with Crippen LogP contribution in [0.1, 0.15) is 13.8 Å². The summed E-state index contributed by atoms with van der Waals surface area (Å²) in [6.45, 7) is 3.36. The van der Waals surface area contributed by atoms with Gasteiger partial charge in [0.2, 0.25) is 0 Å². The Morgan fingerprint density at radius 1 is 1.00 bits per heavy atom. The molecule has 0 rings (SSSR count). The molecule has 0 fully saturated rings. The van der Waals surface area contributed by atoms with Gasteiger partial charge in [0.15, 0.2) is 0 Å². The van der Waals surface area contributed by atoms with Crippen LogP contribution in [0.3, 0.4) is 0 Å². The Morgan fingerprint density at radius 3 is 1.08 bits per heavy atom. The van der Waals surface area contributed by atoms with Crippen LogP contribution < -0.4 is 11.5 Å². The molecule has 1 radical (unpaired) electrons. The predicted molar refractivity (Wildman–Crippen MR) is 50.5 cm³/mol. The molecule has 0 spiro atoms. The van der Waals surface area contributed by atoms with Gasteiger partial charge < -0.3 is 21.7 Å². The monoisotopic (exact) mass is 203 g/mol. The van der Waals surface area contributed by atoms with Crippen molar-refractivity contribution in [1.29, 1.82) is 0 Å². The maximum absolute atomic E-state index is 9.00. The van der Waals surface area contributed by atoms with E-state index >= 15 is 0 Å². The van der Waals surface area contributed by atoms with Crippen LogP contribution in [0, 0.1) is 0 Å². The molecule has 0 aliphatic heterocycles. The maximum atomic E-state index is 9.00. The summed E-state index contributed by atoms with van der Waals surface area (Å²) in [6.07, 6.45) is 0. The standard InChI is InChI=1S/C2H8N2.2C2H4O2.Na/c3-1-2-4;2*1-2(3)4;/h1-4H2;2*1H3,(H,3,4);. The van der Waals surface area contributed by atoms with Crippen LogP contribution in [0.2, 0.25) is 0 Å². The maximum Gasteiger partial charge on any atom is 0.300 e. The van der Waals surface area contributed by atoms with Crippen LogP contribution in [0.25, 0.3) is 0 Å². The Kier molecular flexibility index (Phi) is 40.1. The normalized spacial score (nSPS) is 6.15. The number of hydrogen-bond acceptors (Lipinski definition) is 4. The molecule has 0 saturated heterocycles. The summed E-state index contributed by atoms with van der Waals surface area (Å²) in [5, 5.41) is 14.8. The molecule has 0 aromatic carbocycles. The van der Waals surface area contributed by atoms with Crippen LogP contribution in [-0.2, 0) is 9.59 Å². The Morgan fingerprint density at radius 2 is 1.08 bits per heavy atom. The summed E-state index contributed by atoms with van der Waals surface area (Å²) in [4.78, 5) is 18.0. The fourth-order valence-electron chi connectivity index (χ4n) is 0. The molecule has 0 heterocycles. The fraction of sp³-hybridized carbons (Fsp3) is 0.667. The number of carboxylic acids is 2. The van der Waals surface area contributed by atoms with Crippen molar-refractivity contribution in [3.63, 3.8) is 0 Å². The third kappa shape index (κ3) is 1560. The summed E-state index contributed by atoms with van der Waals surface area (Å²) >= 11 is 0. The second-order valence-corrected chi connectivity index (χ2v) is 1.62. The zero-order valence-electron chi connectivity index (χ0n) is 8.28. The summed E-state index contributed by atoms with van der Waals surface area (Å²) in [6, 6.07) is 0. The number of carboxylic acid groups (broad SMARTS) is 2. The molecule has 0 amide bonds. The average Bonchev–Trinajstić information content (AvgIpc) is 1.85. The number of aliphatic carboxylic acids is 2. The van der Waals surface area contributed by atoms with Crippen molar-refractivity contribution in [2.24, 2.45) is 11.5 Å². The van der Waals surface area contributed by atoms with Gasteiger partial charge in [-0.15, -0.1) is 0 Å².